The lowest BCUT2D eigenvalue weighted by Gasteiger charge is -2.31. The zero-order valence-electron chi connectivity index (χ0n) is 19.1. The van der Waals surface area contributed by atoms with Crippen LogP contribution in [0.5, 0.6) is 0 Å². The van der Waals surface area contributed by atoms with Crippen molar-refractivity contribution in [1.29, 1.82) is 0 Å². The van der Waals surface area contributed by atoms with E-state index in [-0.39, 0.29) is 6.73 Å². The van der Waals surface area contributed by atoms with Crippen molar-refractivity contribution in [3.05, 3.63) is 60.4 Å². The van der Waals surface area contributed by atoms with E-state index in [9.17, 15) is 9.18 Å². The van der Waals surface area contributed by atoms with E-state index in [1.807, 2.05) is 18.2 Å². The van der Waals surface area contributed by atoms with Gasteiger partial charge in [-0.1, -0.05) is 19.6 Å². The third kappa shape index (κ3) is 5.82. The minimum atomic E-state index is -1.22. The monoisotopic (exact) mass is 469 g/mol. The second kappa shape index (κ2) is 9.80. The van der Waals surface area contributed by atoms with Crippen molar-refractivity contribution in [2.45, 2.75) is 44.9 Å². The molecule has 33 heavy (non-hydrogen) atoms. The van der Waals surface area contributed by atoms with E-state index in [2.05, 4.69) is 34.7 Å². The smallest absolute Gasteiger partial charge is 0.416 e. The van der Waals surface area contributed by atoms with E-state index in [1.165, 1.54) is 12.3 Å². The van der Waals surface area contributed by atoms with Crippen LogP contribution in [0.15, 0.2) is 48.9 Å². The normalized spacial score (nSPS) is 16.7. The summed E-state index contributed by atoms with van der Waals surface area (Å²) >= 11 is 0. The van der Waals surface area contributed by atoms with E-state index >= 15 is 0 Å². The molecule has 4 heterocycles. The Morgan fingerprint density at radius 1 is 1.21 bits per heavy atom. The van der Waals surface area contributed by atoms with E-state index in [0.29, 0.717) is 31.0 Å². The van der Waals surface area contributed by atoms with Crippen LogP contribution in [0.4, 0.5) is 15.0 Å². The van der Waals surface area contributed by atoms with E-state index in [0.717, 1.165) is 17.3 Å². The maximum atomic E-state index is 13.1. The maximum Gasteiger partial charge on any atom is 0.416 e. The summed E-state index contributed by atoms with van der Waals surface area (Å²) in [7, 11) is -1.22. The van der Waals surface area contributed by atoms with Gasteiger partial charge in [-0.3, -0.25) is 9.88 Å². The van der Waals surface area contributed by atoms with Crippen molar-refractivity contribution < 1.29 is 18.7 Å². The summed E-state index contributed by atoms with van der Waals surface area (Å²) in [5.74, 6) is 0.0414. The highest BCUT2D eigenvalue weighted by Crippen LogP contribution is 2.31. The molecule has 1 aliphatic rings. The molecule has 1 saturated heterocycles. The SMILES string of the molecule is C[Si](C)(C)CCOCn1nc(-c2ccncc2)cc1N1CCC(c2ccc(F)nc2)OC1=O. The first-order valence-electron chi connectivity index (χ1n) is 11.0. The summed E-state index contributed by atoms with van der Waals surface area (Å²) in [5, 5.41) is 4.69. The fourth-order valence-electron chi connectivity index (χ4n) is 3.51. The Labute approximate surface area is 193 Å². The fraction of sp³-hybridized carbons (Fsp3) is 0.391. The predicted octanol–water partition coefficient (Wildman–Crippen LogP) is 4.88. The third-order valence-electron chi connectivity index (χ3n) is 5.42. The van der Waals surface area contributed by atoms with E-state index in [4.69, 9.17) is 9.47 Å². The Morgan fingerprint density at radius 2 is 2.00 bits per heavy atom. The zero-order valence-corrected chi connectivity index (χ0v) is 20.1. The van der Waals surface area contributed by atoms with Gasteiger partial charge in [0.1, 0.15) is 18.7 Å². The average molecular weight is 470 g/mol. The van der Waals surface area contributed by atoms with Crippen LogP contribution in [0.3, 0.4) is 0 Å². The van der Waals surface area contributed by atoms with Crippen molar-refractivity contribution in [1.82, 2.24) is 19.7 Å². The number of rotatable bonds is 8. The number of carbonyl (C=O) groups excluding carboxylic acids is 1. The molecule has 3 aromatic heterocycles. The fourth-order valence-corrected chi connectivity index (χ4v) is 4.27. The standard InChI is InChI=1S/C23H28FN5O3Si/c1-33(2,3)13-12-31-16-29-22(14-19(27-29)17-6-9-25-10-7-17)28-11-8-20(32-23(28)30)18-4-5-21(24)26-15-18/h4-7,9-10,14-15,20H,8,11-13,16H2,1-3H3. The predicted molar refractivity (Wildman–Crippen MR) is 125 cm³/mol. The summed E-state index contributed by atoms with van der Waals surface area (Å²) in [5.41, 5.74) is 2.29. The number of cyclic esters (lactones) is 1. The molecule has 10 heteroatoms. The highest BCUT2D eigenvalue weighted by molar-refractivity contribution is 6.76. The first-order chi connectivity index (χ1) is 15.8. The second-order valence-electron chi connectivity index (χ2n) is 9.20. The molecule has 0 aromatic carbocycles. The highest BCUT2D eigenvalue weighted by Gasteiger charge is 2.32. The minimum absolute atomic E-state index is 0.236. The van der Waals surface area contributed by atoms with Crippen LogP contribution in [0.2, 0.25) is 25.7 Å². The summed E-state index contributed by atoms with van der Waals surface area (Å²) in [6.45, 7) is 8.21. The van der Waals surface area contributed by atoms with Gasteiger partial charge in [0, 0.05) is 63.4 Å². The van der Waals surface area contributed by atoms with Gasteiger partial charge in [0.15, 0.2) is 0 Å². The summed E-state index contributed by atoms with van der Waals surface area (Å²) in [6.07, 6.45) is 4.40. The molecule has 0 bridgehead atoms. The van der Waals surface area contributed by atoms with E-state index in [1.54, 1.807) is 28.0 Å². The molecule has 0 radical (unpaired) electrons. The molecule has 0 N–H and O–H groups in total. The Balaban J connectivity index is 1.53. The maximum absolute atomic E-state index is 13.1. The van der Waals surface area contributed by atoms with Crippen LogP contribution in [0.25, 0.3) is 11.3 Å². The van der Waals surface area contributed by atoms with Crippen LogP contribution in [0, 0.1) is 5.95 Å². The molecule has 0 saturated carbocycles. The number of pyridine rings is 2. The van der Waals surface area contributed by atoms with Gasteiger partial charge < -0.3 is 9.47 Å². The molecule has 4 rings (SSSR count). The molecule has 3 aromatic rings. The van der Waals surface area contributed by atoms with Gasteiger partial charge in [-0.25, -0.2) is 14.5 Å². The van der Waals surface area contributed by atoms with Crippen LogP contribution >= 0.6 is 0 Å². The number of amides is 1. The number of hydrogen-bond donors (Lipinski definition) is 0. The van der Waals surface area contributed by atoms with Crippen LogP contribution in [-0.2, 0) is 16.2 Å². The molecule has 8 nitrogen and oxygen atoms in total. The van der Waals surface area contributed by atoms with Gasteiger partial charge in [-0.15, -0.1) is 0 Å². The summed E-state index contributed by atoms with van der Waals surface area (Å²) < 4.78 is 26.4. The Morgan fingerprint density at radius 3 is 2.67 bits per heavy atom. The van der Waals surface area contributed by atoms with Gasteiger partial charge in [0.2, 0.25) is 5.95 Å². The molecule has 1 aliphatic heterocycles. The number of ether oxygens (including phenoxy) is 2. The first kappa shape index (κ1) is 23.1. The Hall–Kier alpha value is -3.11. The Bertz CT molecular complexity index is 1090. The summed E-state index contributed by atoms with van der Waals surface area (Å²) in [4.78, 5) is 22.2. The van der Waals surface area contributed by atoms with Crippen LogP contribution in [-0.4, -0.2) is 47.1 Å². The number of nitrogens with zero attached hydrogens (tertiary/aromatic N) is 5. The number of halogens is 1. The quantitative estimate of drug-likeness (QED) is 0.266. The van der Waals surface area contributed by atoms with Crippen LogP contribution in [0.1, 0.15) is 18.1 Å². The number of hydrogen-bond acceptors (Lipinski definition) is 6. The largest absolute Gasteiger partial charge is 0.441 e. The summed E-state index contributed by atoms with van der Waals surface area (Å²) in [6, 6.07) is 9.50. The van der Waals surface area contributed by atoms with Crippen molar-refractivity contribution in [3.63, 3.8) is 0 Å². The third-order valence-corrected chi connectivity index (χ3v) is 7.13. The molecule has 0 aliphatic carbocycles. The van der Waals surface area contributed by atoms with Gasteiger partial charge in [0.05, 0.1) is 5.69 Å². The number of anilines is 1. The Kier molecular flexibility index (Phi) is 6.85. The number of carbonyl (C=O) groups is 1. The molecular formula is C23H28FN5O3Si. The molecule has 174 valence electrons. The van der Waals surface area contributed by atoms with Gasteiger partial charge in [-0.05, 0) is 30.3 Å². The zero-order chi connectivity index (χ0) is 23.4. The van der Waals surface area contributed by atoms with Gasteiger partial charge in [-0.2, -0.15) is 9.49 Å². The molecule has 1 unspecified atom stereocenters. The molecule has 1 amide bonds. The van der Waals surface area contributed by atoms with Gasteiger partial charge in [0.25, 0.3) is 0 Å². The molecular weight excluding hydrogens is 441 g/mol. The van der Waals surface area contributed by atoms with Crippen molar-refractivity contribution in [2.75, 3.05) is 18.1 Å². The average Bonchev–Trinajstić information content (AvgIpc) is 3.21. The molecule has 1 fully saturated rings. The molecule has 0 spiro atoms. The topological polar surface area (TPSA) is 82.4 Å². The van der Waals surface area contributed by atoms with Crippen LogP contribution < -0.4 is 4.90 Å². The van der Waals surface area contributed by atoms with E-state index < -0.39 is 26.2 Å². The lowest BCUT2D eigenvalue weighted by Crippen LogP contribution is -2.40. The first-order valence-corrected chi connectivity index (χ1v) is 14.7. The van der Waals surface area contributed by atoms with Crippen molar-refractivity contribution in [2.24, 2.45) is 0 Å². The number of aromatic nitrogens is 4. The van der Waals surface area contributed by atoms with Gasteiger partial charge >= 0.3 is 6.09 Å². The lowest BCUT2D eigenvalue weighted by atomic mass is 10.1. The second-order valence-corrected chi connectivity index (χ2v) is 14.8. The highest BCUT2D eigenvalue weighted by atomic mass is 28.3. The molecule has 1 atom stereocenters. The lowest BCUT2D eigenvalue weighted by molar-refractivity contribution is 0.0733. The van der Waals surface area contributed by atoms with Crippen molar-refractivity contribution >= 4 is 20.0 Å². The minimum Gasteiger partial charge on any atom is -0.441 e. The van der Waals surface area contributed by atoms with Crippen molar-refractivity contribution in [3.8, 4) is 11.3 Å².